The summed E-state index contributed by atoms with van der Waals surface area (Å²) in [5.41, 5.74) is -0.303. The summed E-state index contributed by atoms with van der Waals surface area (Å²) in [5.74, 6) is -0.635. The Bertz CT molecular complexity index is 606. The van der Waals surface area contributed by atoms with Crippen LogP contribution in [-0.4, -0.2) is 21.3 Å². The summed E-state index contributed by atoms with van der Waals surface area (Å²) >= 11 is 1.45. The minimum absolute atomic E-state index is 0.00505. The fraction of sp³-hybridized carbons (Fsp3) is 0.308. The maximum Gasteiger partial charge on any atom is 0.341 e. The summed E-state index contributed by atoms with van der Waals surface area (Å²) in [4.78, 5) is 12.1. The van der Waals surface area contributed by atoms with Crippen molar-refractivity contribution in [1.29, 1.82) is 0 Å². The van der Waals surface area contributed by atoms with Crippen molar-refractivity contribution in [3.8, 4) is 0 Å². The number of hydrogen-bond acceptors (Lipinski definition) is 5. The molecule has 0 bridgehead atoms. The van der Waals surface area contributed by atoms with Gasteiger partial charge in [-0.1, -0.05) is 26.8 Å². The number of nitrogens with zero attached hydrogens (tertiary/aromatic N) is 2. The van der Waals surface area contributed by atoms with Gasteiger partial charge >= 0.3 is 5.97 Å². The zero-order valence-corrected chi connectivity index (χ0v) is 11.7. The molecule has 1 N–H and O–H groups in total. The third-order valence-electron chi connectivity index (χ3n) is 2.36. The molecule has 0 aromatic carbocycles. The highest BCUT2D eigenvalue weighted by Gasteiger charge is 2.24. The number of aliphatic carboxylic acids is 1. The van der Waals surface area contributed by atoms with Crippen molar-refractivity contribution in [2.45, 2.75) is 26.2 Å². The Balaban J connectivity index is 2.41. The van der Waals surface area contributed by atoms with E-state index in [4.69, 9.17) is 4.42 Å². The highest BCUT2D eigenvalue weighted by Crippen LogP contribution is 2.25. The molecule has 2 rings (SSSR count). The average Bonchev–Trinajstić information content (AvgIpc) is 2.95. The predicted molar refractivity (Wildman–Crippen MR) is 72.8 cm³/mol. The monoisotopic (exact) mass is 278 g/mol. The standard InChI is InChI=1S/C13H14N2O3S/c1-13(2,3)12-15-14-10(18-12)9(11(16)17)7-8-5-4-6-19-8/h4-7H,1-3H3,(H,16,17)/b9-7-. The molecule has 0 saturated carbocycles. The molecule has 0 unspecified atom stereocenters. The van der Waals surface area contributed by atoms with Crippen molar-refractivity contribution in [3.05, 3.63) is 34.2 Å². The highest BCUT2D eigenvalue weighted by molar-refractivity contribution is 7.10. The number of carbonyl (C=O) groups is 1. The molecule has 5 nitrogen and oxygen atoms in total. The van der Waals surface area contributed by atoms with Gasteiger partial charge < -0.3 is 9.52 Å². The van der Waals surface area contributed by atoms with Crippen LogP contribution in [0, 0.1) is 0 Å². The molecule has 6 heteroatoms. The van der Waals surface area contributed by atoms with Crippen LogP contribution in [0.15, 0.2) is 21.9 Å². The molecule has 2 aromatic heterocycles. The fourth-order valence-corrected chi connectivity index (χ4v) is 2.02. The summed E-state index contributed by atoms with van der Waals surface area (Å²) in [5, 5.41) is 18.8. The van der Waals surface area contributed by atoms with Crippen molar-refractivity contribution in [2.75, 3.05) is 0 Å². The van der Waals surface area contributed by atoms with Crippen LogP contribution < -0.4 is 0 Å². The summed E-state index contributed by atoms with van der Waals surface area (Å²) < 4.78 is 5.45. The molecule has 0 amide bonds. The van der Waals surface area contributed by atoms with E-state index in [9.17, 15) is 9.90 Å². The SMILES string of the molecule is CC(C)(C)c1nnc(/C(=C/c2cccs2)C(=O)O)o1. The largest absolute Gasteiger partial charge is 0.477 e. The lowest BCUT2D eigenvalue weighted by Crippen LogP contribution is -2.11. The van der Waals surface area contributed by atoms with Crippen molar-refractivity contribution < 1.29 is 14.3 Å². The van der Waals surface area contributed by atoms with E-state index in [1.807, 2.05) is 38.3 Å². The van der Waals surface area contributed by atoms with E-state index < -0.39 is 5.97 Å². The van der Waals surface area contributed by atoms with Gasteiger partial charge in [0.25, 0.3) is 5.89 Å². The van der Waals surface area contributed by atoms with Crippen molar-refractivity contribution in [1.82, 2.24) is 10.2 Å². The molecular weight excluding hydrogens is 264 g/mol. The first-order valence-corrected chi connectivity index (χ1v) is 6.59. The molecule has 2 aromatic rings. The first-order chi connectivity index (χ1) is 8.88. The minimum atomic E-state index is -1.09. The number of rotatable bonds is 3. The minimum Gasteiger partial charge on any atom is -0.477 e. The molecule has 0 spiro atoms. The number of hydrogen-bond donors (Lipinski definition) is 1. The zero-order valence-electron chi connectivity index (χ0n) is 10.9. The molecule has 0 atom stereocenters. The van der Waals surface area contributed by atoms with E-state index in [0.29, 0.717) is 5.89 Å². The number of thiophene rings is 1. The summed E-state index contributed by atoms with van der Waals surface area (Å²) in [7, 11) is 0. The van der Waals surface area contributed by atoms with Crippen molar-refractivity contribution in [2.24, 2.45) is 0 Å². The maximum atomic E-state index is 11.3. The van der Waals surface area contributed by atoms with Gasteiger partial charge in [0.2, 0.25) is 5.89 Å². The second kappa shape index (κ2) is 4.97. The van der Waals surface area contributed by atoms with Gasteiger partial charge in [-0.3, -0.25) is 0 Å². The third kappa shape index (κ3) is 3.08. The molecule has 100 valence electrons. The zero-order chi connectivity index (χ0) is 14.0. The quantitative estimate of drug-likeness (QED) is 0.873. The Morgan fingerprint density at radius 3 is 2.63 bits per heavy atom. The van der Waals surface area contributed by atoms with Gasteiger partial charge in [0.1, 0.15) is 5.57 Å². The van der Waals surface area contributed by atoms with Crippen LogP contribution in [0.5, 0.6) is 0 Å². The molecule has 19 heavy (non-hydrogen) atoms. The number of carboxylic acid groups (broad SMARTS) is 1. The van der Waals surface area contributed by atoms with Crippen LogP contribution in [0.2, 0.25) is 0 Å². The van der Waals surface area contributed by atoms with Gasteiger partial charge in [-0.15, -0.1) is 21.5 Å². The normalized spacial score (nSPS) is 12.7. The van der Waals surface area contributed by atoms with Gasteiger partial charge in [0.05, 0.1) is 0 Å². The Morgan fingerprint density at radius 2 is 2.16 bits per heavy atom. The molecule has 0 aliphatic rings. The van der Waals surface area contributed by atoms with Crippen LogP contribution in [0.1, 0.15) is 37.4 Å². The highest BCUT2D eigenvalue weighted by atomic mass is 32.1. The summed E-state index contributed by atoms with van der Waals surface area (Å²) in [6, 6.07) is 3.68. The Hall–Kier alpha value is -1.95. The Labute approximate surface area is 114 Å². The second-order valence-electron chi connectivity index (χ2n) is 5.04. The summed E-state index contributed by atoms with van der Waals surface area (Å²) in [6.07, 6.45) is 1.53. The van der Waals surface area contributed by atoms with Gasteiger partial charge in [0, 0.05) is 10.3 Å². The first kappa shape index (κ1) is 13.5. The van der Waals surface area contributed by atoms with E-state index in [1.54, 1.807) is 0 Å². The topological polar surface area (TPSA) is 76.2 Å². The lowest BCUT2D eigenvalue weighted by Gasteiger charge is -2.10. The summed E-state index contributed by atoms with van der Waals surface area (Å²) in [6.45, 7) is 5.77. The van der Waals surface area contributed by atoms with Crippen LogP contribution in [0.25, 0.3) is 11.6 Å². The Kier molecular flexibility index (Phi) is 3.53. The smallest absolute Gasteiger partial charge is 0.341 e. The molecule has 0 aliphatic heterocycles. The van der Waals surface area contributed by atoms with Gasteiger partial charge in [-0.2, -0.15) is 0 Å². The van der Waals surface area contributed by atoms with E-state index >= 15 is 0 Å². The lowest BCUT2D eigenvalue weighted by atomic mass is 9.97. The van der Waals surface area contributed by atoms with Gasteiger partial charge in [-0.05, 0) is 17.5 Å². The molecule has 2 heterocycles. The van der Waals surface area contributed by atoms with Gasteiger partial charge in [-0.25, -0.2) is 4.79 Å². The van der Waals surface area contributed by atoms with Crippen LogP contribution in [0.4, 0.5) is 0 Å². The molecule has 0 aliphatic carbocycles. The lowest BCUT2D eigenvalue weighted by molar-refractivity contribution is -0.130. The van der Waals surface area contributed by atoms with E-state index in [-0.39, 0.29) is 16.9 Å². The average molecular weight is 278 g/mol. The molecular formula is C13H14N2O3S. The van der Waals surface area contributed by atoms with E-state index in [0.717, 1.165) is 4.88 Å². The third-order valence-corrected chi connectivity index (χ3v) is 3.18. The van der Waals surface area contributed by atoms with Crippen molar-refractivity contribution >= 4 is 29.0 Å². The van der Waals surface area contributed by atoms with E-state index in [2.05, 4.69) is 10.2 Å². The number of aromatic nitrogens is 2. The van der Waals surface area contributed by atoms with E-state index in [1.165, 1.54) is 17.4 Å². The van der Waals surface area contributed by atoms with Crippen LogP contribution in [0.3, 0.4) is 0 Å². The first-order valence-electron chi connectivity index (χ1n) is 5.71. The predicted octanol–water partition coefficient (Wildman–Crippen LogP) is 3.05. The van der Waals surface area contributed by atoms with Crippen LogP contribution >= 0.6 is 11.3 Å². The van der Waals surface area contributed by atoms with Crippen LogP contribution in [-0.2, 0) is 10.2 Å². The Morgan fingerprint density at radius 1 is 1.42 bits per heavy atom. The second-order valence-corrected chi connectivity index (χ2v) is 6.02. The molecule has 0 fully saturated rings. The number of carboxylic acids is 1. The molecule has 0 radical (unpaired) electrons. The maximum absolute atomic E-state index is 11.3. The van der Waals surface area contributed by atoms with Crippen molar-refractivity contribution in [3.63, 3.8) is 0 Å². The van der Waals surface area contributed by atoms with Gasteiger partial charge in [0.15, 0.2) is 0 Å². The molecule has 0 saturated heterocycles. The fourth-order valence-electron chi connectivity index (χ4n) is 1.37.